The van der Waals surface area contributed by atoms with E-state index in [4.69, 9.17) is 14.0 Å². The summed E-state index contributed by atoms with van der Waals surface area (Å²) >= 11 is 0. The van der Waals surface area contributed by atoms with Crippen molar-refractivity contribution in [1.29, 1.82) is 0 Å². The first-order chi connectivity index (χ1) is 12.2. The summed E-state index contributed by atoms with van der Waals surface area (Å²) in [5.74, 6) is 1.58. The number of aromatic nitrogens is 2. The number of hydrogen-bond acceptors (Lipinski definition) is 6. The maximum atomic E-state index is 12.3. The van der Waals surface area contributed by atoms with Crippen LogP contribution in [0.2, 0.25) is 0 Å². The average molecular weight is 339 g/mol. The molecule has 0 bridgehead atoms. The molecule has 0 aliphatic rings. The Balaban J connectivity index is 1.66. The number of benzene rings is 2. The minimum Gasteiger partial charge on any atom is -0.493 e. The Labute approximate surface area is 144 Å². The van der Waals surface area contributed by atoms with E-state index in [1.165, 1.54) is 14.2 Å². The van der Waals surface area contributed by atoms with Crippen LogP contribution in [0.25, 0.3) is 11.4 Å². The molecule has 1 aromatic heterocycles. The lowest BCUT2D eigenvalue weighted by Crippen LogP contribution is -2.23. The van der Waals surface area contributed by atoms with Crippen LogP contribution in [0.4, 0.5) is 0 Å². The van der Waals surface area contributed by atoms with Crippen molar-refractivity contribution in [3.8, 4) is 22.9 Å². The summed E-state index contributed by atoms with van der Waals surface area (Å²) < 4.78 is 15.5. The second-order valence-electron chi connectivity index (χ2n) is 5.13. The molecule has 0 atom stereocenters. The summed E-state index contributed by atoms with van der Waals surface area (Å²) in [6, 6.07) is 14.4. The highest BCUT2D eigenvalue weighted by Crippen LogP contribution is 2.27. The summed E-state index contributed by atoms with van der Waals surface area (Å²) in [4.78, 5) is 16.5. The second-order valence-corrected chi connectivity index (χ2v) is 5.13. The molecule has 25 heavy (non-hydrogen) atoms. The van der Waals surface area contributed by atoms with Gasteiger partial charge in [0.15, 0.2) is 11.5 Å². The number of carbonyl (C=O) groups is 1. The number of hydrogen-bond donors (Lipinski definition) is 1. The van der Waals surface area contributed by atoms with Gasteiger partial charge < -0.3 is 19.3 Å². The Morgan fingerprint density at radius 3 is 2.56 bits per heavy atom. The molecule has 1 amide bonds. The smallest absolute Gasteiger partial charge is 0.251 e. The molecular formula is C18H17N3O4. The van der Waals surface area contributed by atoms with Crippen molar-refractivity contribution in [3.63, 3.8) is 0 Å². The third-order valence-corrected chi connectivity index (χ3v) is 3.55. The average Bonchev–Trinajstić information content (AvgIpc) is 3.15. The van der Waals surface area contributed by atoms with E-state index in [9.17, 15) is 4.79 Å². The Morgan fingerprint density at radius 2 is 1.84 bits per heavy atom. The van der Waals surface area contributed by atoms with Crippen LogP contribution in [-0.4, -0.2) is 30.3 Å². The van der Waals surface area contributed by atoms with Gasteiger partial charge >= 0.3 is 0 Å². The van der Waals surface area contributed by atoms with E-state index in [0.29, 0.717) is 28.8 Å². The van der Waals surface area contributed by atoms with Crippen LogP contribution < -0.4 is 14.8 Å². The fourth-order valence-corrected chi connectivity index (χ4v) is 2.27. The van der Waals surface area contributed by atoms with E-state index < -0.39 is 0 Å². The Morgan fingerprint density at radius 1 is 1.08 bits per heavy atom. The monoisotopic (exact) mass is 339 g/mol. The van der Waals surface area contributed by atoms with Crippen molar-refractivity contribution in [2.45, 2.75) is 6.54 Å². The van der Waals surface area contributed by atoms with E-state index in [-0.39, 0.29) is 12.5 Å². The van der Waals surface area contributed by atoms with Gasteiger partial charge in [0.2, 0.25) is 11.7 Å². The van der Waals surface area contributed by atoms with Gasteiger partial charge in [0.25, 0.3) is 5.91 Å². The molecule has 0 radical (unpaired) electrons. The lowest BCUT2D eigenvalue weighted by Gasteiger charge is -2.09. The van der Waals surface area contributed by atoms with E-state index in [1.54, 1.807) is 18.2 Å². The molecule has 128 valence electrons. The van der Waals surface area contributed by atoms with Crippen molar-refractivity contribution < 1.29 is 18.8 Å². The molecular weight excluding hydrogens is 322 g/mol. The van der Waals surface area contributed by atoms with Crippen LogP contribution in [0, 0.1) is 0 Å². The van der Waals surface area contributed by atoms with Crippen molar-refractivity contribution in [2.75, 3.05) is 14.2 Å². The third kappa shape index (κ3) is 3.77. The molecule has 2 aromatic carbocycles. The summed E-state index contributed by atoms with van der Waals surface area (Å²) in [6.45, 7) is 0.132. The number of amides is 1. The zero-order chi connectivity index (χ0) is 17.6. The predicted molar refractivity (Wildman–Crippen MR) is 90.5 cm³/mol. The number of rotatable bonds is 6. The highest BCUT2D eigenvalue weighted by molar-refractivity contribution is 5.94. The van der Waals surface area contributed by atoms with E-state index in [2.05, 4.69) is 15.5 Å². The van der Waals surface area contributed by atoms with E-state index in [1.807, 2.05) is 30.3 Å². The van der Waals surface area contributed by atoms with Gasteiger partial charge in [-0.3, -0.25) is 4.79 Å². The zero-order valence-electron chi connectivity index (χ0n) is 13.9. The van der Waals surface area contributed by atoms with Crippen molar-refractivity contribution >= 4 is 5.91 Å². The number of methoxy groups -OCH3 is 2. The maximum Gasteiger partial charge on any atom is 0.251 e. The first kappa shape index (κ1) is 16.5. The summed E-state index contributed by atoms with van der Waals surface area (Å²) in [5.41, 5.74) is 1.30. The first-order valence-electron chi connectivity index (χ1n) is 7.59. The molecule has 0 aliphatic carbocycles. The molecule has 0 fully saturated rings. The lowest BCUT2D eigenvalue weighted by molar-refractivity contribution is 0.0946. The van der Waals surface area contributed by atoms with Gasteiger partial charge in [-0.05, 0) is 18.2 Å². The number of nitrogens with zero attached hydrogens (tertiary/aromatic N) is 2. The predicted octanol–water partition coefficient (Wildman–Crippen LogP) is 2.68. The fourth-order valence-electron chi connectivity index (χ4n) is 2.27. The van der Waals surface area contributed by atoms with E-state index >= 15 is 0 Å². The molecule has 7 nitrogen and oxygen atoms in total. The van der Waals surface area contributed by atoms with Gasteiger partial charge in [0, 0.05) is 11.1 Å². The van der Waals surface area contributed by atoms with Gasteiger partial charge in [-0.2, -0.15) is 4.98 Å². The Kier molecular flexibility index (Phi) is 4.94. The van der Waals surface area contributed by atoms with Crippen molar-refractivity contribution in [3.05, 3.63) is 60.0 Å². The maximum absolute atomic E-state index is 12.3. The van der Waals surface area contributed by atoms with Crippen LogP contribution in [0.1, 0.15) is 16.2 Å². The van der Waals surface area contributed by atoms with Crippen LogP contribution >= 0.6 is 0 Å². The molecule has 7 heteroatoms. The second kappa shape index (κ2) is 7.48. The van der Waals surface area contributed by atoms with E-state index in [0.717, 1.165) is 5.56 Å². The normalized spacial score (nSPS) is 10.3. The highest BCUT2D eigenvalue weighted by atomic mass is 16.5. The fraction of sp³-hybridized carbons (Fsp3) is 0.167. The van der Waals surface area contributed by atoms with Crippen LogP contribution in [-0.2, 0) is 6.54 Å². The standard InChI is InChI=1S/C18H17N3O4/c1-23-14-9-8-13(10-15(14)24-2)18(22)19-11-16-20-17(21-25-16)12-6-4-3-5-7-12/h3-10H,11H2,1-2H3,(H,19,22). The molecule has 1 N–H and O–H groups in total. The van der Waals surface area contributed by atoms with Crippen LogP contribution in [0.3, 0.4) is 0 Å². The zero-order valence-corrected chi connectivity index (χ0v) is 13.9. The SMILES string of the molecule is COc1ccc(C(=O)NCc2nc(-c3ccccc3)no2)cc1OC. The summed E-state index contributed by atoms with van der Waals surface area (Å²) in [5, 5.41) is 6.65. The topological polar surface area (TPSA) is 86.5 Å². The molecule has 0 spiro atoms. The summed E-state index contributed by atoms with van der Waals surface area (Å²) in [6.07, 6.45) is 0. The molecule has 0 aliphatic heterocycles. The van der Waals surface area contributed by atoms with Gasteiger partial charge in [0.1, 0.15) is 0 Å². The van der Waals surface area contributed by atoms with Gasteiger partial charge in [-0.25, -0.2) is 0 Å². The van der Waals surface area contributed by atoms with Crippen LogP contribution in [0.15, 0.2) is 53.1 Å². The van der Waals surface area contributed by atoms with Crippen molar-refractivity contribution in [1.82, 2.24) is 15.5 Å². The van der Waals surface area contributed by atoms with Crippen molar-refractivity contribution in [2.24, 2.45) is 0 Å². The minimum atomic E-state index is -0.277. The lowest BCUT2D eigenvalue weighted by atomic mass is 10.2. The number of ether oxygens (including phenoxy) is 2. The number of carbonyl (C=O) groups excluding carboxylic acids is 1. The van der Waals surface area contributed by atoms with Gasteiger partial charge in [0.05, 0.1) is 20.8 Å². The highest BCUT2D eigenvalue weighted by Gasteiger charge is 2.13. The first-order valence-corrected chi connectivity index (χ1v) is 7.59. The minimum absolute atomic E-state index is 0.132. The molecule has 0 unspecified atom stereocenters. The molecule has 3 rings (SSSR count). The Bertz CT molecular complexity index is 862. The third-order valence-electron chi connectivity index (χ3n) is 3.55. The van der Waals surface area contributed by atoms with Gasteiger partial charge in [-0.15, -0.1) is 0 Å². The molecule has 0 saturated heterocycles. The Hall–Kier alpha value is -3.35. The molecule has 0 saturated carbocycles. The molecule has 3 aromatic rings. The van der Waals surface area contributed by atoms with Crippen LogP contribution in [0.5, 0.6) is 11.5 Å². The van der Waals surface area contributed by atoms with Gasteiger partial charge in [-0.1, -0.05) is 35.5 Å². The quantitative estimate of drug-likeness (QED) is 0.743. The number of nitrogens with one attached hydrogen (secondary N) is 1. The molecule has 1 heterocycles. The largest absolute Gasteiger partial charge is 0.493 e. The summed E-state index contributed by atoms with van der Waals surface area (Å²) in [7, 11) is 3.06.